The van der Waals surface area contributed by atoms with E-state index < -0.39 is 0 Å². The Morgan fingerprint density at radius 1 is 1.33 bits per heavy atom. The third-order valence-corrected chi connectivity index (χ3v) is 2.42. The smallest absolute Gasteiger partial charge is 0.319 e. The van der Waals surface area contributed by atoms with Crippen LogP contribution in [0.1, 0.15) is 11.4 Å². The number of aromatic nitrogens is 3. The maximum atomic E-state index is 11.6. The summed E-state index contributed by atoms with van der Waals surface area (Å²) in [6, 6.07) is 7.41. The van der Waals surface area contributed by atoms with Crippen LogP contribution in [0, 0.1) is 6.92 Å². The van der Waals surface area contributed by atoms with E-state index in [1.807, 2.05) is 31.2 Å². The van der Waals surface area contributed by atoms with Crippen molar-refractivity contribution in [1.29, 1.82) is 0 Å². The van der Waals surface area contributed by atoms with Gasteiger partial charge in [-0.05, 0) is 19.1 Å². The van der Waals surface area contributed by atoms with Gasteiger partial charge >= 0.3 is 6.03 Å². The molecule has 1 heterocycles. The lowest BCUT2D eigenvalue weighted by atomic mass is 10.2. The lowest BCUT2D eigenvalue weighted by Crippen LogP contribution is -2.30. The molecule has 0 saturated heterocycles. The fourth-order valence-corrected chi connectivity index (χ4v) is 1.46. The van der Waals surface area contributed by atoms with E-state index in [4.69, 9.17) is 0 Å². The number of carbonyl (C=O) groups is 1. The molecule has 18 heavy (non-hydrogen) atoms. The molecule has 0 saturated carbocycles. The highest BCUT2D eigenvalue weighted by atomic mass is 16.2. The van der Waals surface area contributed by atoms with Crippen LogP contribution in [0.25, 0.3) is 0 Å². The van der Waals surface area contributed by atoms with Gasteiger partial charge < -0.3 is 10.6 Å². The Kier molecular flexibility index (Phi) is 3.90. The van der Waals surface area contributed by atoms with Crippen LogP contribution in [0.4, 0.5) is 10.5 Å². The van der Waals surface area contributed by atoms with Crippen LogP contribution in [-0.2, 0) is 6.42 Å². The van der Waals surface area contributed by atoms with Crippen LogP contribution in [0.5, 0.6) is 0 Å². The SMILES string of the molecule is Cc1ccc(NC(=O)NCCc2ncn[nH]2)cc1. The first-order chi connectivity index (χ1) is 8.74. The Hall–Kier alpha value is -2.37. The van der Waals surface area contributed by atoms with Crippen LogP contribution in [0.15, 0.2) is 30.6 Å². The summed E-state index contributed by atoms with van der Waals surface area (Å²) in [4.78, 5) is 15.5. The van der Waals surface area contributed by atoms with Crippen molar-refractivity contribution in [3.05, 3.63) is 42.0 Å². The van der Waals surface area contributed by atoms with E-state index in [0.717, 1.165) is 17.1 Å². The Bertz CT molecular complexity index is 492. The number of hydrogen-bond acceptors (Lipinski definition) is 3. The number of anilines is 1. The molecule has 2 aromatic rings. The molecule has 0 aliphatic carbocycles. The molecule has 1 aromatic carbocycles. The van der Waals surface area contributed by atoms with Crippen molar-refractivity contribution in [2.75, 3.05) is 11.9 Å². The summed E-state index contributed by atoms with van der Waals surface area (Å²) in [7, 11) is 0. The highest BCUT2D eigenvalue weighted by molar-refractivity contribution is 5.89. The molecule has 2 amide bonds. The van der Waals surface area contributed by atoms with Crippen molar-refractivity contribution >= 4 is 11.7 Å². The average molecular weight is 245 g/mol. The van der Waals surface area contributed by atoms with Gasteiger partial charge in [-0.2, -0.15) is 5.10 Å². The van der Waals surface area contributed by atoms with Crippen LogP contribution < -0.4 is 10.6 Å². The molecular weight excluding hydrogens is 230 g/mol. The number of benzene rings is 1. The van der Waals surface area contributed by atoms with Gasteiger partial charge in [0.15, 0.2) is 0 Å². The molecule has 0 bridgehead atoms. The van der Waals surface area contributed by atoms with E-state index in [9.17, 15) is 4.79 Å². The van der Waals surface area contributed by atoms with E-state index >= 15 is 0 Å². The molecule has 94 valence electrons. The summed E-state index contributed by atoms with van der Waals surface area (Å²) in [5.41, 5.74) is 1.93. The summed E-state index contributed by atoms with van der Waals surface area (Å²) in [6.45, 7) is 2.51. The van der Waals surface area contributed by atoms with Gasteiger partial charge in [0.25, 0.3) is 0 Å². The van der Waals surface area contributed by atoms with Crippen molar-refractivity contribution in [2.24, 2.45) is 0 Å². The van der Waals surface area contributed by atoms with E-state index in [-0.39, 0.29) is 6.03 Å². The molecule has 1 aromatic heterocycles. The molecule has 0 fully saturated rings. The summed E-state index contributed by atoms with van der Waals surface area (Å²) in [6.07, 6.45) is 2.07. The molecule has 0 spiro atoms. The van der Waals surface area contributed by atoms with Gasteiger partial charge in [-0.1, -0.05) is 17.7 Å². The highest BCUT2D eigenvalue weighted by Gasteiger charge is 2.01. The lowest BCUT2D eigenvalue weighted by Gasteiger charge is -2.06. The number of aryl methyl sites for hydroxylation is 1. The fraction of sp³-hybridized carbons (Fsp3) is 0.250. The summed E-state index contributed by atoms with van der Waals surface area (Å²) >= 11 is 0. The Labute approximate surface area is 105 Å². The van der Waals surface area contributed by atoms with Crippen molar-refractivity contribution in [2.45, 2.75) is 13.3 Å². The van der Waals surface area contributed by atoms with E-state index in [1.165, 1.54) is 6.33 Å². The number of nitrogens with one attached hydrogen (secondary N) is 3. The number of aromatic amines is 1. The zero-order valence-electron chi connectivity index (χ0n) is 10.1. The molecule has 0 aliphatic rings. The Morgan fingerprint density at radius 2 is 2.11 bits per heavy atom. The second kappa shape index (κ2) is 5.81. The van der Waals surface area contributed by atoms with E-state index in [2.05, 4.69) is 25.8 Å². The fourth-order valence-electron chi connectivity index (χ4n) is 1.46. The van der Waals surface area contributed by atoms with Gasteiger partial charge in [0.1, 0.15) is 12.2 Å². The van der Waals surface area contributed by atoms with Crippen LogP contribution >= 0.6 is 0 Å². The molecule has 0 atom stereocenters. The largest absolute Gasteiger partial charge is 0.337 e. The minimum atomic E-state index is -0.224. The minimum Gasteiger partial charge on any atom is -0.337 e. The maximum absolute atomic E-state index is 11.6. The summed E-state index contributed by atoms with van der Waals surface area (Å²) in [5, 5.41) is 12.0. The standard InChI is InChI=1S/C12H15N5O/c1-9-2-4-10(5-3-9)16-12(18)13-7-6-11-14-8-15-17-11/h2-5,8H,6-7H2,1H3,(H2,13,16,18)(H,14,15,17). The van der Waals surface area contributed by atoms with Crippen molar-refractivity contribution in [3.8, 4) is 0 Å². The maximum Gasteiger partial charge on any atom is 0.319 e. The van der Waals surface area contributed by atoms with Crippen LogP contribution in [-0.4, -0.2) is 27.8 Å². The second-order valence-corrected chi connectivity index (χ2v) is 3.93. The van der Waals surface area contributed by atoms with E-state index in [0.29, 0.717) is 13.0 Å². The molecule has 0 aliphatic heterocycles. The van der Waals surface area contributed by atoms with Gasteiger partial charge in [0.2, 0.25) is 0 Å². The molecular formula is C12H15N5O. The van der Waals surface area contributed by atoms with Gasteiger partial charge in [-0.25, -0.2) is 9.78 Å². The van der Waals surface area contributed by atoms with Crippen molar-refractivity contribution < 1.29 is 4.79 Å². The number of urea groups is 1. The number of H-pyrrole nitrogens is 1. The lowest BCUT2D eigenvalue weighted by molar-refractivity contribution is 0.252. The Balaban J connectivity index is 1.73. The molecule has 0 unspecified atom stereocenters. The number of nitrogens with zero attached hydrogens (tertiary/aromatic N) is 2. The molecule has 6 heteroatoms. The molecule has 2 rings (SSSR count). The number of rotatable bonds is 4. The van der Waals surface area contributed by atoms with Crippen molar-refractivity contribution in [3.63, 3.8) is 0 Å². The highest BCUT2D eigenvalue weighted by Crippen LogP contribution is 2.07. The number of carbonyl (C=O) groups excluding carboxylic acids is 1. The zero-order chi connectivity index (χ0) is 12.8. The third kappa shape index (κ3) is 3.58. The average Bonchev–Trinajstić information content (AvgIpc) is 2.85. The number of amides is 2. The molecule has 3 N–H and O–H groups in total. The monoisotopic (exact) mass is 245 g/mol. The van der Waals surface area contributed by atoms with Gasteiger partial charge in [-0.3, -0.25) is 5.10 Å². The van der Waals surface area contributed by atoms with Gasteiger partial charge in [-0.15, -0.1) is 0 Å². The minimum absolute atomic E-state index is 0.224. The topological polar surface area (TPSA) is 82.7 Å². The molecule has 6 nitrogen and oxygen atoms in total. The normalized spacial score (nSPS) is 10.1. The van der Waals surface area contributed by atoms with Crippen molar-refractivity contribution in [1.82, 2.24) is 20.5 Å². The Morgan fingerprint density at radius 3 is 2.78 bits per heavy atom. The van der Waals surface area contributed by atoms with Gasteiger partial charge in [0.05, 0.1) is 0 Å². The summed E-state index contributed by atoms with van der Waals surface area (Å²) in [5.74, 6) is 0.755. The van der Waals surface area contributed by atoms with Crippen LogP contribution in [0.3, 0.4) is 0 Å². The zero-order valence-corrected chi connectivity index (χ0v) is 10.1. The second-order valence-electron chi connectivity index (χ2n) is 3.93. The predicted octanol–water partition coefficient (Wildman–Crippen LogP) is 1.48. The van der Waals surface area contributed by atoms with Gasteiger partial charge in [0, 0.05) is 18.7 Å². The quantitative estimate of drug-likeness (QED) is 0.763. The van der Waals surface area contributed by atoms with Crippen LogP contribution in [0.2, 0.25) is 0 Å². The first kappa shape index (κ1) is 12.1. The number of hydrogen-bond donors (Lipinski definition) is 3. The third-order valence-electron chi connectivity index (χ3n) is 2.42. The first-order valence-electron chi connectivity index (χ1n) is 5.70. The van der Waals surface area contributed by atoms with E-state index in [1.54, 1.807) is 0 Å². The summed E-state index contributed by atoms with van der Waals surface area (Å²) < 4.78 is 0. The molecule has 0 radical (unpaired) electrons. The first-order valence-corrected chi connectivity index (χ1v) is 5.70. The predicted molar refractivity (Wildman–Crippen MR) is 68.3 cm³/mol.